The average Bonchev–Trinajstić information content (AvgIpc) is 2.58. The summed E-state index contributed by atoms with van der Waals surface area (Å²) in [6, 6.07) is 4.03. The molecule has 1 N–H and O–H groups in total. The highest BCUT2D eigenvalue weighted by molar-refractivity contribution is 5.43. The van der Waals surface area contributed by atoms with E-state index in [1.54, 1.807) is 0 Å². The minimum Gasteiger partial charge on any atom is -0.353 e. The molecule has 2 aromatic heterocycles. The molecule has 2 rings (SSSR count). The molecule has 0 spiro atoms. The highest BCUT2D eigenvalue weighted by Crippen LogP contribution is 2.07. The number of nitrogens with one attached hydrogen (secondary N) is 1. The van der Waals surface area contributed by atoms with Crippen molar-refractivity contribution in [3.63, 3.8) is 0 Å². The summed E-state index contributed by atoms with van der Waals surface area (Å²) in [6.07, 6.45) is 3.12. The monoisotopic (exact) mass is 218 g/mol. The highest BCUT2D eigenvalue weighted by Gasteiger charge is 2.02. The third kappa shape index (κ3) is 2.51. The van der Waals surface area contributed by atoms with Crippen LogP contribution < -0.4 is 5.32 Å². The van der Waals surface area contributed by atoms with Crippen molar-refractivity contribution in [2.75, 3.05) is 11.9 Å². The van der Waals surface area contributed by atoms with Gasteiger partial charge in [-0.25, -0.2) is 4.52 Å². The Morgan fingerprint density at radius 1 is 1.38 bits per heavy atom. The van der Waals surface area contributed by atoms with Gasteiger partial charge in [-0.1, -0.05) is 19.9 Å². The number of pyridine rings is 1. The van der Waals surface area contributed by atoms with Crippen LogP contribution in [0.4, 0.5) is 5.95 Å². The lowest BCUT2D eigenvalue weighted by Gasteiger charge is -2.03. The van der Waals surface area contributed by atoms with Crippen molar-refractivity contribution in [1.82, 2.24) is 14.6 Å². The number of aryl methyl sites for hydroxylation is 1. The van der Waals surface area contributed by atoms with E-state index in [4.69, 9.17) is 0 Å². The maximum atomic E-state index is 4.39. The number of rotatable bonds is 4. The van der Waals surface area contributed by atoms with Crippen LogP contribution in [0.25, 0.3) is 5.65 Å². The number of aromatic nitrogens is 3. The maximum absolute atomic E-state index is 4.39. The highest BCUT2D eigenvalue weighted by atomic mass is 15.3. The molecule has 0 aliphatic rings. The van der Waals surface area contributed by atoms with Crippen molar-refractivity contribution in [3.05, 3.63) is 23.9 Å². The zero-order valence-corrected chi connectivity index (χ0v) is 10.1. The van der Waals surface area contributed by atoms with Crippen LogP contribution in [0.5, 0.6) is 0 Å². The van der Waals surface area contributed by atoms with Gasteiger partial charge in [-0.05, 0) is 30.9 Å². The number of hydrogen-bond acceptors (Lipinski definition) is 3. The Morgan fingerprint density at radius 2 is 2.19 bits per heavy atom. The Hall–Kier alpha value is -1.58. The lowest BCUT2D eigenvalue weighted by Crippen LogP contribution is -2.06. The van der Waals surface area contributed by atoms with E-state index in [9.17, 15) is 0 Å². The first-order valence-corrected chi connectivity index (χ1v) is 5.72. The minimum absolute atomic E-state index is 0.701. The molecular formula is C12H18N4. The Kier molecular flexibility index (Phi) is 3.08. The van der Waals surface area contributed by atoms with E-state index in [0.29, 0.717) is 11.9 Å². The SMILES string of the molecule is Cc1ccc2nc(NCCC(C)C)nn2c1. The summed E-state index contributed by atoms with van der Waals surface area (Å²) in [5.41, 5.74) is 2.07. The largest absolute Gasteiger partial charge is 0.353 e. The number of fused-ring (bicyclic) bond motifs is 1. The van der Waals surface area contributed by atoms with Gasteiger partial charge in [-0.15, -0.1) is 5.10 Å². The lowest BCUT2D eigenvalue weighted by molar-refractivity contribution is 0.606. The molecule has 16 heavy (non-hydrogen) atoms. The maximum Gasteiger partial charge on any atom is 0.243 e. The summed E-state index contributed by atoms with van der Waals surface area (Å²) >= 11 is 0. The van der Waals surface area contributed by atoms with Gasteiger partial charge < -0.3 is 5.32 Å². The van der Waals surface area contributed by atoms with Crippen LogP contribution >= 0.6 is 0 Å². The van der Waals surface area contributed by atoms with Crippen LogP contribution in [0.2, 0.25) is 0 Å². The summed E-state index contributed by atoms with van der Waals surface area (Å²) in [6.45, 7) is 7.39. The van der Waals surface area contributed by atoms with Gasteiger partial charge in [0, 0.05) is 12.7 Å². The Balaban J connectivity index is 2.08. The van der Waals surface area contributed by atoms with E-state index < -0.39 is 0 Å². The van der Waals surface area contributed by atoms with Gasteiger partial charge in [0.05, 0.1) is 0 Å². The van der Waals surface area contributed by atoms with Crippen LogP contribution in [0.15, 0.2) is 18.3 Å². The molecule has 0 aliphatic heterocycles. The Labute approximate surface area is 95.7 Å². The second kappa shape index (κ2) is 4.51. The lowest BCUT2D eigenvalue weighted by atomic mass is 10.1. The summed E-state index contributed by atoms with van der Waals surface area (Å²) < 4.78 is 1.81. The Bertz CT molecular complexity index is 473. The predicted octanol–water partition coefficient (Wildman–Crippen LogP) is 2.50. The van der Waals surface area contributed by atoms with Crippen LogP contribution in [0, 0.1) is 12.8 Å². The first-order chi connectivity index (χ1) is 7.65. The summed E-state index contributed by atoms with van der Waals surface area (Å²) in [4.78, 5) is 4.39. The summed E-state index contributed by atoms with van der Waals surface area (Å²) in [5.74, 6) is 1.41. The Morgan fingerprint density at radius 3 is 2.94 bits per heavy atom. The van der Waals surface area contributed by atoms with Crippen molar-refractivity contribution in [3.8, 4) is 0 Å². The molecule has 0 amide bonds. The third-order valence-corrected chi connectivity index (χ3v) is 2.48. The zero-order valence-electron chi connectivity index (χ0n) is 10.1. The van der Waals surface area contributed by atoms with E-state index in [0.717, 1.165) is 18.6 Å². The second-order valence-corrected chi connectivity index (χ2v) is 4.55. The van der Waals surface area contributed by atoms with E-state index in [-0.39, 0.29) is 0 Å². The molecule has 0 saturated carbocycles. The van der Waals surface area contributed by atoms with Crippen LogP contribution in [0.3, 0.4) is 0 Å². The fourth-order valence-electron chi connectivity index (χ4n) is 1.53. The van der Waals surface area contributed by atoms with Crippen LogP contribution in [-0.2, 0) is 0 Å². The molecule has 0 aromatic carbocycles. The molecule has 2 heterocycles. The normalized spacial score (nSPS) is 11.2. The van der Waals surface area contributed by atoms with E-state index in [2.05, 4.69) is 29.2 Å². The molecule has 0 radical (unpaired) electrons. The molecule has 0 unspecified atom stereocenters. The standard InChI is InChI=1S/C12H18N4/c1-9(2)6-7-13-12-14-11-5-4-10(3)8-16(11)15-12/h4-5,8-9H,6-7H2,1-3H3,(H,13,15). The molecule has 4 heteroatoms. The van der Waals surface area contributed by atoms with Gasteiger partial charge in [0.15, 0.2) is 5.65 Å². The molecule has 0 fully saturated rings. The van der Waals surface area contributed by atoms with Gasteiger partial charge in [-0.2, -0.15) is 4.98 Å². The molecule has 0 saturated heterocycles. The fourth-order valence-corrected chi connectivity index (χ4v) is 1.53. The first kappa shape index (κ1) is 10.9. The number of nitrogens with zero attached hydrogens (tertiary/aromatic N) is 3. The average molecular weight is 218 g/mol. The minimum atomic E-state index is 0.701. The number of hydrogen-bond donors (Lipinski definition) is 1. The van der Waals surface area contributed by atoms with Crippen molar-refractivity contribution in [2.45, 2.75) is 27.2 Å². The van der Waals surface area contributed by atoms with Crippen LogP contribution in [-0.4, -0.2) is 21.1 Å². The van der Waals surface area contributed by atoms with Crippen molar-refractivity contribution in [1.29, 1.82) is 0 Å². The van der Waals surface area contributed by atoms with E-state index in [1.165, 1.54) is 5.56 Å². The van der Waals surface area contributed by atoms with Gasteiger partial charge >= 0.3 is 0 Å². The predicted molar refractivity (Wildman–Crippen MR) is 65.7 cm³/mol. The van der Waals surface area contributed by atoms with Gasteiger partial charge in [-0.3, -0.25) is 0 Å². The topological polar surface area (TPSA) is 42.2 Å². The molecule has 0 aliphatic carbocycles. The van der Waals surface area contributed by atoms with Gasteiger partial charge in [0.25, 0.3) is 0 Å². The van der Waals surface area contributed by atoms with Crippen molar-refractivity contribution >= 4 is 11.6 Å². The smallest absolute Gasteiger partial charge is 0.243 e. The van der Waals surface area contributed by atoms with Crippen LogP contribution in [0.1, 0.15) is 25.8 Å². The summed E-state index contributed by atoms with van der Waals surface area (Å²) in [5, 5.41) is 7.61. The van der Waals surface area contributed by atoms with Gasteiger partial charge in [0.2, 0.25) is 5.95 Å². The fraction of sp³-hybridized carbons (Fsp3) is 0.500. The quantitative estimate of drug-likeness (QED) is 0.857. The third-order valence-electron chi connectivity index (χ3n) is 2.48. The summed E-state index contributed by atoms with van der Waals surface area (Å²) in [7, 11) is 0. The van der Waals surface area contributed by atoms with E-state index in [1.807, 2.05) is 29.8 Å². The molecule has 0 bridgehead atoms. The number of anilines is 1. The second-order valence-electron chi connectivity index (χ2n) is 4.55. The zero-order chi connectivity index (χ0) is 11.5. The van der Waals surface area contributed by atoms with E-state index >= 15 is 0 Å². The molecule has 4 nitrogen and oxygen atoms in total. The molecular weight excluding hydrogens is 200 g/mol. The molecule has 0 atom stereocenters. The van der Waals surface area contributed by atoms with Gasteiger partial charge in [0.1, 0.15) is 0 Å². The first-order valence-electron chi connectivity index (χ1n) is 5.72. The molecule has 2 aromatic rings. The van der Waals surface area contributed by atoms with Crippen molar-refractivity contribution < 1.29 is 0 Å². The van der Waals surface area contributed by atoms with Crippen molar-refractivity contribution in [2.24, 2.45) is 5.92 Å². The molecule has 86 valence electrons.